The minimum absolute atomic E-state index is 0.185. The van der Waals surface area contributed by atoms with Crippen LogP contribution in [-0.4, -0.2) is 52.9 Å². The summed E-state index contributed by atoms with van der Waals surface area (Å²) in [7, 11) is 0. The fourth-order valence-electron chi connectivity index (χ4n) is 4.03. The first-order chi connectivity index (χ1) is 13.5. The predicted octanol–water partition coefficient (Wildman–Crippen LogP) is 4.85. The molecule has 4 heterocycles. The molecule has 2 aromatic heterocycles. The highest BCUT2D eigenvalue weighted by molar-refractivity contribution is 7.17. The van der Waals surface area contributed by atoms with E-state index >= 15 is 0 Å². The van der Waals surface area contributed by atoms with E-state index in [1.807, 2.05) is 18.0 Å². The molecule has 0 bridgehead atoms. The SMILES string of the molecule is Cc1cc(-c2ccc(C3=CCN(C(C)C)CC3)cn2)sc1C(=O)N1CCCC1. The molecule has 2 aliphatic rings. The lowest BCUT2D eigenvalue weighted by atomic mass is 10.00. The lowest BCUT2D eigenvalue weighted by molar-refractivity contribution is 0.0797. The number of thiophene rings is 1. The van der Waals surface area contributed by atoms with Crippen molar-refractivity contribution >= 4 is 22.8 Å². The smallest absolute Gasteiger partial charge is 0.264 e. The van der Waals surface area contributed by atoms with Crippen LogP contribution in [0, 0.1) is 6.92 Å². The van der Waals surface area contributed by atoms with Crippen LogP contribution >= 0.6 is 11.3 Å². The van der Waals surface area contributed by atoms with Crippen molar-refractivity contribution in [3.63, 3.8) is 0 Å². The highest BCUT2D eigenvalue weighted by atomic mass is 32.1. The van der Waals surface area contributed by atoms with E-state index in [-0.39, 0.29) is 5.91 Å². The third-order valence-electron chi connectivity index (χ3n) is 5.86. The first-order valence-electron chi connectivity index (χ1n) is 10.3. The van der Waals surface area contributed by atoms with Crippen LogP contribution in [0.25, 0.3) is 16.1 Å². The van der Waals surface area contributed by atoms with E-state index in [1.54, 1.807) is 11.3 Å². The molecule has 2 aliphatic heterocycles. The van der Waals surface area contributed by atoms with Crippen LogP contribution < -0.4 is 0 Å². The zero-order chi connectivity index (χ0) is 19.7. The summed E-state index contributed by atoms with van der Waals surface area (Å²) in [5.74, 6) is 0.185. The molecule has 28 heavy (non-hydrogen) atoms. The van der Waals surface area contributed by atoms with Crippen LogP contribution in [-0.2, 0) is 0 Å². The van der Waals surface area contributed by atoms with Crippen LogP contribution in [0.3, 0.4) is 0 Å². The van der Waals surface area contributed by atoms with E-state index in [9.17, 15) is 4.79 Å². The van der Waals surface area contributed by atoms with Crippen LogP contribution in [0.1, 0.15) is 53.9 Å². The Kier molecular flexibility index (Phi) is 5.65. The maximum atomic E-state index is 12.8. The van der Waals surface area contributed by atoms with Gasteiger partial charge in [0.1, 0.15) is 0 Å². The Balaban J connectivity index is 1.50. The van der Waals surface area contributed by atoms with Crippen molar-refractivity contribution in [2.24, 2.45) is 0 Å². The molecule has 148 valence electrons. The third-order valence-corrected chi connectivity index (χ3v) is 7.11. The second-order valence-corrected chi connectivity index (χ2v) is 9.17. The number of rotatable bonds is 4. The molecule has 4 rings (SSSR count). The third kappa shape index (κ3) is 3.91. The molecule has 0 spiro atoms. The van der Waals surface area contributed by atoms with Gasteiger partial charge in [0.05, 0.1) is 15.4 Å². The van der Waals surface area contributed by atoms with Crippen LogP contribution in [0.2, 0.25) is 0 Å². The van der Waals surface area contributed by atoms with E-state index in [0.717, 1.165) is 66.5 Å². The maximum Gasteiger partial charge on any atom is 0.264 e. The molecule has 0 aliphatic carbocycles. The number of nitrogens with zero attached hydrogens (tertiary/aromatic N) is 3. The predicted molar refractivity (Wildman–Crippen MR) is 117 cm³/mol. The number of likely N-dealkylation sites (tertiary alicyclic amines) is 1. The van der Waals surface area contributed by atoms with E-state index in [1.165, 1.54) is 11.1 Å². The van der Waals surface area contributed by atoms with E-state index in [2.05, 4.69) is 43.0 Å². The lowest BCUT2D eigenvalue weighted by Crippen LogP contribution is -2.34. The van der Waals surface area contributed by atoms with Crippen molar-refractivity contribution in [2.75, 3.05) is 26.2 Å². The molecule has 0 aromatic carbocycles. The van der Waals surface area contributed by atoms with E-state index < -0.39 is 0 Å². The minimum atomic E-state index is 0.185. The van der Waals surface area contributed by atoms with Crippen LogP contribution in [0.15, 0.2) is 30.5 Å². The second-order valence-electron chi connectivity index (χ2n) is 8.12. The fourth-order valence-corrected chi connectivity index (χ4v) is 5.15. The average molecular weight is 396 g/mol. The van der Waals surface area contributed by atoms with Gasteiger partial charge in [0.25, 0.3) is 5.91 Å². The van der Waals surface area contributed by atoms with Crippen molar-refractivity contribution in [3.05, 3.63) is 46.5 Å². The van der Waals surface area contributed by atoms with Gasteiger partial charge in [-0.15, -0.1) is 11.3 Å². The van der Waals surface area contributed by atoms with E-state index in [4.69, 9.17) is 4.98 Å². The Morgan fingerprint density at radius 3 is 2.57 bits per heavy atom. The van der Waals surface area contributed by atoms with Gasteiger partial charge in [0, 0.05) is 38.4 Å². The van der Waals surface area contributed by atoms with Gasteiger partial charge in [-0.05, 0) is 68.9 Å². The number of aryl methyl sites for hydroxylation is 1. The van der Waals surface area contributed by atoms with E-state index in [0.29, 0.717) is 6.04 Å². The van der Waals surface area contributed by atoms with Crippen molar-refractivity contribution in [1.82, 2.24) is 14.8 Å². The Hall–Kier alpha value is -1.98. The molecule has 0 N–H and O–H groups in total. The van der Waals surface area contributed by atoms with Gasteiger partial charge in [0.2, 0.25) is 0 Å². The molecule has 0 radical (unpaired) electrons. The zero-order valence-corrected chi connectivity index (χ0v) is 17.9. The Morgan fingerprint density at radius 2 is 1.96 bits per heavy atom. The van der Waals surface area contributed by atoms with Gasteiger partial charge in [-0.3, -0.25) is 14.7 Å². The highest BCUT2D eigenvalue weighted by Crippen LogP contribution is 2.32. The molecule has 4 nitrogen and oxygen atoms in total. The normalized spacial score (nSPS) is 18.0. The van der Waals surface area contributed by atoms with Crippen molar-refractivity contribution in [2.45, 2.75) is 46.1 Å². The number of amides is 1. The first kappa shape index (κ1) is 19.3. The standard InChI is InChI=1S/C23H29N3OS/c1-16(2)25-12-8-18(9-13-25)19-6-7-20(24-15-19)21-14-17(3)22(28-21)23(27)26-10-4-5-11-26/h6-8,14-16H,4-5,9-13H2,1-3H3. The second kappa shape index (κ2) is 8.18. The average Bonchev–Trinajstić information content (AvgIpc) is 3.38. The van der Waals surface area contributed by atoms with Crippen molar-refractivity contribution in [1.29, 1.82) is 0 Å². The number of hydrogen-bond donors (Lipinski definition) is 0. The molecular formula is C23H29N3OS. The molecule has 0 atom stereocenters. The van der Waals surface area contributed by atoms with Crippen LogP contribution in [0.4, 0.5) is 0 Å². The molecule has 2 aromatic rings. The van der Waals surface area contributed by atoms with Crippen molar-refractivity contribution in [3.8, 4) is 10.6 Å². The summed E-state index contributed by atoms with van der Waals surface area (Å²) in [6, 6.07) is 6.98. The van der Waals surface area contributed by atoms with Gasteiger partial charge in [0.15, 0.2) is 0 Å². The number of carbonyl (C=O) groups excluding carboxylic acids is 1. The Bertz CT molecular complexity index is 876. The molecule has 0 saturated carbocycles. The number of hydrogen-bond acceptors (Lipinski definition) is 4. The molecule has 1 fully saturated rings. The monoisotopic (exact) mass is 395 g/mol. The van der Waals surface area contributed by atoms with Gasteiger partial charge >= 0.3 is 0 Å². The van der Waals surface area contributed by atoms with Gasteiger partial charge in [-0.25, -0.2) is 0 Å². The topological polar surface area (TPSA) is 36.4 Å². The largest absolute Gasteiger partial charge is 0.338 e. The van der Waals surface area contributed by atoms with Gasteiger partial charge in [-0.1, -0.05) is 12.1 Å². The Labute approximate surface area is 171 Å². The Morgan fingerprint density at radius 1 is 1.18 bits per heavy atom. The molecule has 0 unspecified atom stereocenters. The minimum Gasteiger partial charge on any atom is -0.338 e. The molecular weight excluding hydrogens is 366 g/mol. The number of carbonyl (C=O) groups is 1. The molecule has 5 heteroatoms. The van der Waals surface area contributed by atoms with Crippen LogP contribution in [0.5, 0.6) is 0 Å². The number of pyridine rings is 1. The summed E-state index contributed by atoms with van der Waals surface area (Å²) < 4.78 is 0. The lowest BCUT2D eigenvalue weighted by Gasteiger charge is -2.29. The summed E-state index contributed by atoms with van der Waals surface area (Å²) >= 11 is 1.58. The summed E-state index contributed by atoms with van der Waals surface area (Å²) in [6.07, 6.45) is 7.64. The van der Waals surface area contributed by atoms with Gasteiger partial charge < -0.3 is 4.90 Å². The van der Waals surface area contributed by atoms with Gasteiger partial charge in [-0.2, -0.15) is 0 Å². The summed E-state index contributed by atoms with van der Waals surface area (Å²) in [6.45, 7) is 10.4. The zero-order valence-electron chi connectivity index (χ0n) is 17.1. The first-order valence-corrected chi connectivity index (χ1v) is 11.1. The summed E-state index contributed by atoms with van der Waals surface area (Å²) in [5, 5.41) is 0. The molecule has 1 saturated heterocycles. The number of aromatic nitrogens is 1. The highest BCUT2D eigenvalue weighted by Gasteiger charge is 2.23. The summed E-state index contributed by atoms with van der Waals surface area (Å²) in [5.41, 5.74) is 4.63. The summed E-state index contributed by atoms with van der Waals surface area (Å²) in [4.78, 5) is 23.9. The maximum absolute atomic E-state index is 12.8. The quantitative estimate of drug-likeness (QED) is 0.742. The fraction of sp³-hybridized carbons (Fsp3) is 0.478. The molecule has 1 amide bonds. The van der Waals surface area contributed by atoms with Crippen molar-refractivity contribution < 1.29 is 4.79 Å².